The zero-order valence-corrected chi connectivity index (χ0v) is 15.1. The van der Waals surface area contributed by atoms with Crippen molar-refractivity contribution in [2.75, 3.05) is 11.9 Å². The molecule has 0 radical (unpaired) electrons. The molecule has 1 unspecified atom stereocenters. The molecule has 3 N–H and O–H groups in total. The summed E-state index contributed by atoms with van der Waals surface area (Å²) in [5.41, 5.74) is 0.248. The Labute approximate surface area is 151 Å². The number of nitrogens with one attached hydrogen (secondary N) is 2. The fourth-order valence-corrected chi connectivity index (χ4v) is 4.57. The van der Waals surface area contributed by atoms with Crippen molar-refractivity contribution in [2.45, 2.75) is 43.1 Å². The fraction of sp³-hybridized carbons (Fsp3) is 0.500. The predicted octanol–water partition coefficient (Wildman–Crippen LogP) is 1.91. The number of amidine groups is 1. The molecule has 1 aliphatic carbocycles. The third-order valence-electron chi connectivity index (χ3n) is 4.57. The quantitative estimate of drug-likeness (QED) is 0.733. The highest BCUT2D eigenvalue weighted by molar-refractivity contribution is 7.90. The molecule has 1 aromatic rings. The third-order valence-corrected chi connectivity index (χ3v) is 6.12. The lowest BCUT2D eigenvalue weighted by molar-refractivity contribution is -0.115. The number of nitrogens with zero attached hydrogens (tertiary/aromatic N) is 1. The molecule has 1 heterocycles. The smallest absolute Gasteiger partial charge is 0.288 e. The first kappa shape index (κ1) is 18.2. The van der Waals surface area contributed by atoms with E-state index in [1.54, 1.807) is 0 Å². The molecule has 3 rings (SSSR count). The summed E-state index contributed by atoms with van der Waals surface area (Å²) in [4.78, 5) is 12.2. The molecule has 2 aliphatic rings. The second kappa shape index (κ2) is 7.31. The monoisotopic (exact) mass is 385 g/mol. The maximum atomic E-state index is 12.2. The zero-order chi connectivity index (χ0) is 18.0. The van der Waals surface area contributed by atoms with Gasteiger partial charge in [0, 0.05) is 11.6 Å². The van der Waals surface area contributed by atoms with Crippen molar-refractivity contribution in [2.24, 2.45) is 10.3 Å². The van der Waals surface area contributed by atoms with E-state index in [4.69, 9.17) is 11.6 Å². The normalized spacial score (nSPS) is 20.8. The molecule has 1 saturated carbocycles. The number of aliphatic hydroxyl groups excluding tert-OH is 1. The first-order valence-corrected chi connectivity index (χ1v) is 10.1. The van der Waals surface area contributed by atoms with Crippen LogP contribution in [0.5, 0.6) is 0 Å². The van der Waals surface area contributed by atoms with Gasteiger partial charge in [-0.25, -0.2) is 0 Å². The van der Waals surface area contributed by atoms with Crippen LogP contribution >= 0.6 is 11.6 Å². The van der Waals surface area contributed by atoms with E-state index in [0.717, 1.165) is 25.7 Å². The molecule has 0 aromatic heterocycles. The second-order valence-corrected chi connectivity index (χ2v) is 8.36. The van der Waals surface area contributed by atoms with E-state index >= 15 is 0 Å². The van der Waals surface area contributed by atoms with Crippen molar-refractivity contribution in [3.05, 3.63) is 23.2 Å². The summed E-state index contributed by atoms with van der Waals surface area (Å²) in [5.74, 6) is -0.813. The van der Waals surface area contributed by atoms with E-state index in [9.17, 15) is 18.3 Å². The van der Waals surface area contributed by atoms with Gasteiger partial charge in [-0.3, -0.25) is 4.79 Å². The van der Waals surface area contributed by atoms with Gasteiger partial charge in [0.15, 0.2) is 0 Å². The van der Waals surface area contributed by atoms with Gasteiger partial charge in [0.05, 0.1) is 11.8 Å². The Morgan fingerprint density at radius 1 is 1.36 bits per heavy atom. The molecule has 0 saturated heterocycles. The van der Waals surface area contributed by atoms with Gasteiger partial charge in [-0.2, -0.15) is 8.42 Å². The Hall–Kier alpha value is -1.64. The molecule has 7 nitrogen and oxygen atoms in total. The highest BCUT2D eigenvalue weighted by Gasteiger charge is 2.29. The Balaban J connectivity index is 1.67. The number of benzene rings is 1. The molecule has 25 heavy (non-hydrogen) atoms. The summed E-state index contributed by atoms with van der Waals surface area (Å²) in [5, 5.41) is 15.7. The minimum atomic E-state index is -4.00. The van der Waals surface area contributed by atoms with Crippen LogP contribution in [-0.2, 0) is 14.8 Å². The van der Waals surface area contributed by atoms with E-state index in [-0.39, 0.29) is 33.9 Å². The average Bonchev–Trinajstić information content (AvgIpc) is 2.60. The molecular formula is C16H20ClN3O4S. The van der Waals surface area contributed by atoms with E-state index in [1.165, 1.54) is 24.6 Å². The lowest BCUT2D eigenvalue weighted by Gasteiger charge is -2.26. The first-order chi connectivity index (χ1) is 11.9. The van der Waals surface area contributed by atoms with Crippen molar-refractivity contribution < 1.29 is 18.3 Å². The first-order valence-electron chi connectivity index (χ1n) is 8.24. The number of amides is 1. The maximum Gasteiger partial charge on any atom is 0.288 e. The van der Waals surface area contributed by atoms with Gasteiger partial charge in [0.25, 0.3) is 15.9 Å². The molecule has 0 bridgehead atoms. The van der Waals surface area contributed by atoms with Gasteiger partial charge in [-0.05, 0) is 37.0 Å². The van der Waals surface area contributed by atoms with E-state index in [0.29, 0.717) is 0 Å². The molecule has 0 spiro atoms. The molecular weight excluding hydrogens is 366 g/mol. The standard InChI is InChI=1S/C16H20ClN3O4S/c17-11-6-7-12-14(8-11)25(23,24)20-15(19-12)16(22)18-9-13(21)10-4-2-1-3-5-10/h6-8,10,13,21H,1-5,9H2,(H,18,22)(H,19,20). The molecule has 1 aromatic carbocycles. The Morgan fingerprint density at radius 3 is 2.80 bits per heavy atom. The van der Waals surface area contributed by atoms with Crippen LogP contribution in [0.1, 0.15) is 32.1 Å². The molecule has 136 valence electrons. The Bertz CT molecular complexity index is 804. The number of hydrogen-bond donors (Lipinski definition) is 3. The van der Waals surface area contributed by atoms with Gasteiger partial charge in [-0.15, -0.1) is 4.40 Å². The van der Waals surface area contributed by atoms with E-state index < -0.39 is 22.0 Å². The van der Waals surface area contributed by atoms with Gasteiger partial charge < -0.3 is 15.7 Å². The number of fused-ring (bicyclic) bond motifs is 1. The summed E-state index contributed by atoms with van der Waals surface area (Å²) in [6.45, 7) is 0.0672. The summed E-state index contributed by atoms with van der Waals surface area (Å²) in [7, 11) is -4.00. The summed E-state index contributed by atoms with van der Waals surface area (Å²) >= 11 is 5.81. The van der Waals surface area contributed by atoms with Crippen LogP contribution in [-0.4, -0.2) is 37.9 Å². The number of aliphatic hydroxyl groups is 1. The highest BCUT2D eigenvalue weighted by atomic mass is 35.5. The van der Waals surface area contributed by atoms with E-state index in [1.807, 2.05) is 0 Å². The number of halogens is 1. The van der Waals surface area contributed by atoms with Crippen LogP contribution in [0.3, 0.4) is 0 Å². The molecule has 1 fully saturated rings. The van der Waals surface area contributed by atoms with Crippen molar-refractivity contribution >= 4 is 39.1 Å². The van der Waals surface area contributed by atoms with Gasteiger partial charge in [-0.1, -0.05) is 30.9 Å². The Kier molecular flexibility index (Phi) is 5.31. The number of carbonyl (C=O) groups is 1. The summed E-state index contributed by atoms with van der Waals surface area (Å²) in [6.07, 6.45) is 4.59. The maximum absolute atomic E-state index is 12.2. The predicted molar refractivity (Wildman–Crippen MR) is 95.3 cm³/mol. The summed E-state index contributed by atoms with van der Waals surface area (Å²) < 4.78 is 27.9. The number of rotatable bonds is 4. The lowest BCUT2D eigenvalue weighted by atomic mass is 9.85. The molecule has 9 heteroatoms. The number of hydrogen-bond acceptors (Lipinski definition) is 5. The van der Waals surface area contributed by atoms with Gasteiger partial charge >= 0.3 is 0 Å². The fourth-order valence-electron chi connectivity index (χ4n) is 3.20. The van der Waals surface area contributed by atoms with Crippen molar-refractivity contribution in [3.63, 3.8) is 0 Å². The molecule has 1 aliphatic heterocycles. The molecule has 1 atom stereocenters. The van der Waals surface area contributed by atoms with Gasteiger partial charge in [0.1, 0.15) is 4.90 Å². The van der Waals surface area contributed by atoms with Crippen LogP contribution in [0.15, 0.2) is 27.5 Å². The highest BCUT2D eigenvalue weighted by Crippen LogP contribution is 2.30. The number of sulfonamides is 1. The van der Waals surface area contributed by atoms with E-state index in [2.05, 4.69) is 15.0 Å². The molecule has 1 amide bonds. The largest absolute Gasteiger partial charge is 0.391 e. The third kappa shape index (κ3) is 4.13. The van der Waals surface area contributed by atoms with Crippen LogP contribution in [0, 0.1) is 5.92 Å². The lowest BCUT2D eigenvalue weighted by Crippen LogP contribution is -2.43. The van der Waals surface area contributed by atoms with Gasteiger partial charge in [0.2, 0.25) is 5.84 Å². The van der Waals surface area contributed by atoms with Crippen LogP contribution in [0.2, 0.25) is 5.02 Å². The minimum absolute atomic E-state index is 0.0672. The Morgan fingerprint density at radius 2 is 2.08 bits per heavy atom. The minimum Gasteiger partial charge on any atom is -0.391 e. The van der Waals surface area contributed by atoms with Crippen LogP contribution in [0.4, 0.5) is 5.69 Å². The number of anilines is 1. The van der Waals surface area contributed by atoms with Crippen molar-refractivity contribution in [3.8, 4) is 0 Å². The number of carbonyl (C=O) groups excluding carboxylic acids is 1. The van der Waals surface area contributed by atoms with Crippen LogP contribution < -0.4 is 10.6 Å². The van der Waals surface area contributed by atoms with Crippen molar-refractivity contribution in [1.82, 2.24) is 5.32 Å². The SMILES string of the molecule is O=C(NCC(O)C1CCCCC1)C1=NS(=O)(=O)c2cc(Cl)ccc2N1. The van der Waals surface area contributed by atoms with Crippen molar-refractivity contribution in [1.29, 1.82) is 0 Å². The topological polar surface area (TPSA) is 108 Å². The summed E-state index contributed by atoms with van der Waals surface area (Å²) in [6, 6.07) is 4.29. The average molecular weight is 386 g/mol. The van der Waals surface area contributed by atoms with Crippen LogP contribution in [0.25, 0.3) is 0 Å². The zero-order valence-electron chi connectivity index (χ0n) is 13.5. The second-order valence-electron chi connectivity index (χ2n) is 6.36.